The van der Waals surface area contributed by atoms with Gasteiger partial charge in [-0.15, -0.1) is 0 Å². The average molecular weight is 277 g/mol. The van der Waals surface area contributed by atoms with E-state index < -0.39 is 0 Å². The molecule has 0 aliphatic heterocycles. The van der Waals surface area contributed by atoms with Crippen LogP contribution in [-0.4, -0.2) is 17.5 Å². The molecule has 19 heavy (non-hydrogen) atoms. The predicted molar refractivity (Wildman–Crippen MR) is 73.6 cm³/mol. The van der Waals surface area contributed by atoms with Gasteiger partial charge in [0.2, 0.25) is 0 Å². The lowest BCUT2D eigenvalue weighted by molar-refractivity contribution is 0.0919. The highest BCUT2D eigenvalue weighted by Crippen LogP contribution is 2.18. The summed E-state index contributed by atoms with van der Waals surface area (Å²) in [7, 11) is 0. The SMILES string of the molecule is O=C(COc1ccccc1CO)c1ccc(Cl)cc1. The molecule has 0 saturated carbocycles. The molecule has 0 aromatic heterocycles. The summed E-state index contributed by atoms with van der Waals surface area (Å²) in [6.45, 7) is -0.191. The molecule has 4 heteroatoms. The maximum Gasteiger partial charge on any atom is 0.200 e. The average Bonchev–Trinajstić information content (AvgIpc) is 2.45. The lowest BCUT2D eigenvalue weighted by atomic mass is 10.1. The summed E-state index contributed by atoms with van der Waals surface area (Å²) >= 11 is 5.76. The Bertz CT molecular complexity index is 564. The molecule has 0 aliphatic carbocycles. The molecule has 2 aromatic carbocycles. The second-order valence-corrected chi connectivity index (χ2v) is 4.42. The van der Waals surface area contributed by atoms with Crippen molar-refractivity contribution in [2.45, 2.75) is 6.61 Å². The quantitative estimate of drug-likeness (QED) is 0.854. The number of carbonyl (C=O) groups is 1. The van der Waals surface area contributed by atoms with Crippen molar-refractivity contribution in [2.24, 2.45) is 0 Å². The Balaban J connectivity index is 2.02. The lowest BCUT2D eigenvalue weighted by Crippen LogP contribution is -2.12. The second-order valence-electron chi connectivity index (χ2n) is 3.98. The highest BCUT2D eigenvalue weighted by atomic mass is 35.5. The van der Waals surface area contributed by atoms with Crippen LogP contribution in [0.3, 0.4) is 0 Å². The van der Waals surface area contributed by atoms with E-state index in [9.17, 15) is 4.79 Å². The van der Waals surface area contributed by atoms with Crippen molar-refractivity contribution < 1.29 is 14.6 Å². The zero-order valence-corrected chi connectivity index (χ0v) is 10.9. The van der Waals surface area contributed by atoms with Crippen LogP contribution in [0, 0.1) is 0 Å². The van der Waals surface area contributed by atoms with Crippen molar-refractivity contribution >= 4 is 17.4 Å². The van der Waals surface area contributed by atoms with E-state index in [1.54, 1.807) is 48.5 Å². The van der Waals surface area contributed by atoms with Crippen LogP contribution in [-0.2, 0) is 6.61 Å². The predicted octanol–water partition coefficient (Wildman–Crippen LogP) is 3.09. The van der Waals surface area contributed by atoms with Gasteiger partial charge in [0.25, 0.3) is 0 Å². The van der Waals surface area contributed by atoms with Gasteiger partial charge in [0.05, 0.1) is 6.61 Å². The van der Waals surface area contributed by atoms with Crippen LogP contribution in [0.5, 0.6) is 5.75 Å². The van der Waals surface area contributed by atoms with E-state index >= 15 is 0 Å². The summed E-state index contributed by atoms with van der Waals surface area (Å²) in [5.41, 5.74) is 1.21. The number of benzene rings is 2. The molecule has 0 aliphatic rings. The first-order chi connectivity index (χ1) is 9.20. The van der Waals surface area contributed by atoms with Gasteiger partial charge in [0.15, 0.2) is 12.4 Å². The van der Waals surface area contributed by atoms with Crippen LogP contribution in [0.1, 0.15) is 15.9 Å². The second kappa shape index (κ2) is 6.36. The van der Waals surface area contributed by atoms with Gasteiger partial charge in [-0.25, -0.2) is 0 Å². The number of rotatable bonds is 5. The molecular formula is C15H13ClO3. The van der Waals surface area contributed by atoms with Gasteiger partial charge in [-0.1, -0.05) is 29.8 Å². The standard InChI is InChI=1S/C15H13ClO3/c16-13-7-5-11(6-8-13)14(18)10-19-15-4-2-1-3-12(15)9-17/h1-8,17H,9-10H2. The Kier molecular flexibility index (Phi) is 4.55. The number of ketones is 1. The Labute approximate surface area is 116 Å². The largest absolute Gasteiger partial charge is 0.485 e. The fourth-order valence-electron chi connectivity index (χ4n) is 1.64. The summed E-state index contributed by atoms with van der Waals surface area (Å²) in [5, 5.41) is 9.74. The summed E-state index contributed by atoms with van der Waals surface area (Å²) in [5.74, 6) is 0.386. The smallest absolute Gasteiger partial charge is 0.200 e. The number of para-hydroxylation sites is 1. The molecule has 0 unspecified atom stereocenters. The van der Waals surface area contributed by atoms with Crippen molar-refractivity contribution in [2.75, 3.05) is 6.61 Å². The Hall–Kier alpha value is -1.84. The maximum absolute atomic E-state index is 11.9. The summed E-state index contributed by atoms with van der Waals surface area (Å²) < 4.78 is 5.43. The van der Waals surface area contributed by atoms with E-state index in [4.69, 9.17) is 21.4 Å². The summed E-state index contributed by atoms with van der Waals surface area (Å²) in [6, 6.07) is 13.7. The van der Waals surface area contributed by atoms with E-state index in [1.165, 1.54) is 0 Å². The minimum atomic E-state index is -0.135. The molecule has 2 rings (SSSR count). The van der Waals surface area contributed by atoms with Gasteiger partial charge in [-0.2, -0.15) is 0 Å². The summed E-state index contributed by atoms with van der Waals surface area (Å²) in [4.78, 5) is 11.9. The van der Waals surface area contributed by atoms with Crippen LogP contribution in [0.15, 0.2) is 48.5 Å². The van der Waals surface area contributed by atoms with E-state index in [2.05, 4.69) is 0 Å². The van der Waals surface area contributed by atoms with Gasteiger partial charge < -0.3 is 9.84 Å². The van der Waals surface area contributed by atoms with Crippen molar-refractivity contribution in [3.05, 3.63) is 64.7 Å². The van der Waals surface area contributed by atoms with Gasteiger partial charge >= 0.3 is 0 Å². The number of aliphatic hydroxyl groups excluding tert-OH is 1. The molecular weight excluding hydrogens is 264 g/mol. The van der Waals surface area contributed by atoms with E-state index in [-0.39, 0.29) is 19.0 Å². The first-order valence-corrected chi connectivity index (χ1v) is 6.19. The van der Waals surface area contributed by atoms with Gasteiger partial charge in [-0.3, -0.25) is 4.79 Å². The Morgan fingerprint density at radius 3 is 2.47 bits per heavy atom. The van der Waals surface area contributed by atoms with Crippen LogP contribution >= 0.6 is 11.6 Å². The van der Waals surface area contributed by atoms with E-state index in [0.29, 0.717) is 21.9 Å². The molecule has 0 amide bonds. The molecule has 1 N–H and O–H groups in total. The van der Waals surface area contributed by atoms with Crippen molar-refractivity contribution in [1.29, 1.82) is 0 Å². The molecule has 0 heterocycles. The van der Waals surface area contributed by atoms with Gasteiger partial charge in [0.1, 0.15) is 5.75 Å². The fourth-order valence-corrected chi connectivity index (χ4v) is 1.76. The molecule has 0 radical (unpaired) electrons. The third-order valence-electron chi connectivity index (χ3n) is 2.67. The highest BCUT2D eigenvalue weighted by molar-refractivity contribution is 6.30. The number of halogens is 1. The Morgan fingerprint density at radius 1 is 1.11 bits per heavy atom. The molecule has 0 bridgehead atoms. The molecule has 0 atom stereocenters. The molecule has 0 fully saturated rings. The summed E-state index contributed by atoms with van der Waals surface area (Å²) in [6.07, 6.45) is 0. The zero-order valence-electron chi connectivity index (χ0n) is 10.2. The molecule has 0 saturated heterocycles. The minimum Gasteiger partial charge on any atom is -0.485 e. The lowest BCUT2D eigenvalue weighted by Gasteiger charge is -2.09. The van der Waals surface area contributed by atoms with Crippen LogP contribution in [0.4, 0.5) is 0 Å². The Morgan fingerprint density at radius 2 is 1.79 bits per heavy atom. The number of ether oxygens (including phenoxy) is 1. The maximum atomic E-state index is 11.9. The number of hydrogen-bond acceptors (Lipinski definition) is 3. The molecule has 3 nitrogen and oxygen atoms in total. The zero-order chi connectivity index (χ0) is 13.7. The monoisotopic (exact) mass is 276 g/mol. The number of Topliss-reactive ketones (excluding diaryl/α,β-unsaturated/α-hetero) is 1. The van der Waals surface area contributed by atoms with Crippen molar-refractivity contribution in [3.63, 3.8) is 0 Å². The topological polar surface area (TPSA) is 46.5 Å². The first-order valence-electron chi connectivity index (χ1n) is 5.81. The molecule has 0 spiro atoms. The molecule has 98 valence electrons. The fraction of sp³-hybridized carbons (Fsp3) is 0.133. The third-order valence-corrected chi connectivity index (χ3v) is 2.92. The number of hydrogen-bond donors (Lipinski definition) is 1. The van der Waals surface area contributed by atoms with E-state index in [1.807, 2.05) is 0 Å². The van der Waals surface area contributed by atoms with Crippen LogP contribution in [0.2, 0.25) is 5.02 Å². The van der Waals surface area contributed by atoms with Crippen molar-refractivity contribution in [1.82, 2.24) is 0 Å². The van der Waals surface area contributed by atoms with Gasteiger partial charge in [-0.05, 0) is 30.3 Å². The molecule has 2 aromatic rings. The van der Waals surface area contributed by atoms with Crippen LogP contribution < -0.4 is 4.74 Å². The van der Waals surface area contributed by atoms with Crippen LogP contribution in [0.25, 0.3) is 0 Å². The first kappa shape index (κ1) is 13.6. The third kappa shape index (κ3) is 3.56. The number of carbonyl (C=O) groups excluding carboxylic acids is 1. The minimum absolute atomic E-state index is 0.0708. The highest BCUT2D eigenvalue weighted by Gasteiger charge is 2.08. The van der Waals surface area contributed by atoms with Gasteiger partial charge in [0, 0.05) is 16.1 Å². The van der Waals surface area contributed by atoms with Crippen molar-refractivity contribution in [3.8, 4) is 5.75 Å². The number of aliphatic hydroxyl groups is 1. The normalized spacial score (nSPS) is 10.2. The van der Waals surface area contributed by atoms with E-state index in [0.717, 1.165) is 0 Å².